The van der Waals surface area contributed by atoms with Gasteiger partial charge in [0, 0.05) is 22.0 Å². The quantitative estimate of drug-likeness (QED) is 0.721. The van der Waals surface area contributed by atoms with E-state index in [0.29, 0.717) is 11.3 Å². The van der Waals surface area contributed by atoms with E-state index in [4.69, 9.17) is 11.6 Å². The first-order chi connectivity index (χ1) is 11.3. The van der Waals surface area contributed by atoms with Crippen molar-refractivity contribution < 1.29 is 12.8 Å². The molecule has 0 amide bonds. The molecule has 2 heterocycles. The van der Waals surface area contributed by atoms with Crippen LogP contribution in [0.1, 0.15) is 0 Å². The van der Waals surface area contributed by atoms with E-state index < -0.39 is 15.8 Å². The van der Waals surface area contributed by atoms with Gasteiger partial charge in [-0.15, -0.1) is 11.3 Å². The second-order valence-electron chi connectivity index (χ2n) is 4.69. The van der Waals surface area contributed by atoms with Gasteiger partial charge in [-0.2, -0.15) is 5.10 Å². The first kappa shape index (κ1) is 16.6. The highest BCUT2D eigenvalue weighted by Gasteiger charge is 2.19. The van der Waals surface area contributed by atoms with E-state index in [-0.39, 0.29) is 20.5 Å². The minimum atomic E-state index is -3.96. The van der Waals surface area contributed by atoms with E-state index in [1.165, 1.54) is 30.3 Å². The predicted octanol–water partition coefficient (Wildman–Crippen LogP) is 3.09. The summed E-state index contributed by atoms with van der Waals surface area (Å²) >= 11 is 6.59. The van der Waals surface area contributed by atoms with E-state index in [1.807, 2.05) is 0 Å². The molecule has 0 bridgehead atoms. The maximum atomic E-state index is 13.8. The molecule has 124 valence electrons. The Balaban J connectivity index is 1.90. The highest BCUT2D eigenvalue weighted by molar-refractivity contribution is 7.94. The summed E-state index contributed by atoms with van der Waals surface area (Å²) in [6.07, 6.45) is 0. The summed E-state index contributed by atoms with van der Waals surface area (Å²) in [6.45, 7) is 0. The zero-order chi connectivity index (χ0) is 17.3. The lowest BCUT2D eigenvalue weighted by Gasteiger charge is -2.07. The van der Waals surface area contributed by atoms with Crippen LogP contribution in [-0.4, -0.2) is 18.6 Å². The molecule has 3 aromatic rings. The number of rotatable bonds is 4. The number of hydrogen-bond acceptors (Lipinski definition) is 5. The van der Waals surface area contributed by atoms with Gasteiger partial charge in [-0.3, -0.25) is 9.52 Å². The van der Waals surface area contributed by atoms with E-state index in [9.17, 15) is 17.6 Å². The molecular formula is C14H9ClFN3O3S2. The van der Waals surface area contributed by atoms with Crippen LogP contribution in [0.25, 0.3) is 11.3 Å². The van der Waals surface area contributed by atoms with Gasteiger partial charge >= 0.3 is 0 Å². The topological polar surface area (TPSA) is 91.9 Å². The normalized spacial score (nSPS) is 11.4. The molecule has 0 saturated heterocycles. The number of halogens is 2. The van der Waals surface area contributed by atoms with Crippen LogP contribution >= 0.6 is 22.9 Å². The van der Waals surface area contributed by atoms with Crippen LogP contribution in [0, 0.1) is 5.82 Å². The molecule has 0 aliphatic rings. The molecule has 6 nitrogen and oxygen atoms in total. The van der Waals surface area contributed by atoms with Gasteiger partial charge in [0.1, 0.15) is 10.0 Å². The van der Waals surface area contributed by atoms with Crippen LogP contribution in [0.5, 0.6) is 0 Å². The fraction of sp³-hybridized carbons (Fsp3) is 0. The lowest BCUT2D eigenvalue weighted by molar-refractivity contribution is 0.600. The van der Waals surface area contributed by atoms with Crippen molar-refractivity contribution in [2.45, 2.75) is 4.21 Å². The van der Waals surface area contributed by atoms with Gasteiger partial charge in [0.25, 0.3) is 15.6 Å². The van der Waals surface area contributed by atoms with Crippen LogP contribution in [0.4, 0.5) is 10.1 Å². The SMILES string of the molecule is O=c1ccc(-c2csc(S(=O)(=O)Nc3ccc(Cl)cc3F)c2)n[nH]1. The standard InChI is InChI=1S/C14H9ClFN3O3S2/c15-9-1-2-12(10(16)6-9)19-24(21,22)14-5-8(7-23-14)11-3-4-13(20)18-17-11/h1-7,19H,(H,18,20). The summed E-state index contributed by atoms with van der Waals surface area (Å²) in [5.41, 5.74) is 0.386. The number of nitrogens with zero attached hydrogens (tertiary/aromatic N) is 1. The van der Waals surface area contributed by atoms with Crippen molar-refractivity contribution in [1.29, 1.82) is 0 Å². The molecule has 3 rings (SSSR count). The molecule has 10 heteroatoms. The van der Waals surface area contributed by atoms with Crippen LogP contribution in [-0.2, 0) is 10.0 Å². The smallest absolute Gasteiger partial charge is 0.271 e. The third kappa shape index (κ3) is 3.48. The largest absolute Gasteiger partial charge is 0.276 e. The minimum Gasteiger partial charge on any atom is -0.276 e. The number of thiophene rings is 1. The minimum absolute atomic E-state index is 0.0140. The molecule has 0 radical (unpaired) electrons. The Morgan fingerprint density at radius 3 is 2.67 bits per heavy atom. The van der Waals surface area contributed by atoms with E-state index in [0.717, 1.165) is 17.4 Å². The number of aromatic amines is 1. The third-order valence-corrected chi connectivity index (χ3v) is 6.03. The maximum absolute atomic E-state index is 13.8. The third-order valence-electron chi connectivity index (χ3n) is 2.99. The van der Waals surface area contributed by atoms with Gasteiger partial charge in [0.15, 0.2) is 0 Å². The second-order valence-corrected chi connectivity index (χ2v) is 7.95. The molecule has 0 aliphatic heterocycles. The predicted molar refractivity (Wildman–Crippen MR) is 90.4 cm³/mol. The summed E-state index contributed by atoms with van der Waals surface area (Å²) < 4.78 is 40.6. The highest BCUT2D eigenvalue weighted by atomic mass is 35.5. The first-order valence-corrected chi connectivity index (χ1v) is 9.22. The van der Waals surface area contributed by atoms with Crippen LogP contribution in [0.2, 0.25) is 5.02 Å². The molecule has 1 aromatic carbocycles. The lowest BCUT2D eigenvalue weighted by atomic mass is 10.2. The molecule has 2 N–H and O–H groups in total. The van der Waals surface area contributed by atoms with Crippen molar-refractivity contribution >= 4 is 38.6 Å². The molecule has 24 heavy (non-hydrogen) atoms. The van der Waals surface area contributed by atoms with Crippen molar-refractivity contribution in [3.8, 4) is 11.3 Å². The summed E-state index contributed by atoms with van der Waals surface area (Å²) in [4.78, 5) is 11.0. The molecule has 0 spiro atoms. The molecular weight excluding hydrogens is 377 g/mol. The maximum Gasteiger partial charge on any atom is 0.271 e. The lowest BCUT2D eigenvalue weighted by Crippen LogP contribution is -2.12. The Labute approximate surface area is 145 Å². The monoisotopic (exact) mass is 385 g/mol. The summed E-state index contributed by atoms with van der Waals surface area (Å²) in [5.74, 6) is -0.773. The van der Waals surface area contributed by atoms with Crippen molar-refractivity contribution in [3.05, 3.63) is 63.0 Å². The Bertz CT molecular complexity index is 1040. The Morgan fingerprint density at radius 1 is 1.21 bits per heavy atom. The second kappa shape index (κ2) is 6.34. The number of nitrogens with one attached hydrogen (secondary N) is 2. The van der Waals surface area contributed by atoms with Gasteiger partial charge in [-0.1, -0.05) is 11.6 Å². The van der Waals surface area contributed by atoms with Crippen LogP contribution < -0.4 is 10.3 Å². The number of anilines is 1. The zero-order valence-electron chi connectivity index (χ0n) is 11.8. The molecule has 0 atom stereocenters. The molecule has 0 unspecified atom stereocenters. The number of hydrogen-bond donors (Lipinski definition) is 2. The summed E-state index contributed by atoms with van der Waals surface area (Å²) in [5, 5.41) is 7.84. The van der Waals surface area contributed by atoms with E-state index >= 15 is 0 Å². The van der Waals surface area contributed by atoms with Gasteiger partial charge in [-0.05, 0) is 30.3 Å². The highest BCUT2D eigenvalue weighted by Crippen LogP contribution is 2.29. The Hall–Kier alpha value is -2.23. The summed E-state index contributed by atoms with van der Waals surface area (Å²) in [7, 11) is -3.96. The molecule has 2 aromatic heterocycles. The zero-order valence-corrected chi connectivity index (χ0v) is 14.2. The Morgan fingerprint density at radius 2 is 2.00 bits per heavy atom. The van der Waals surface area contributed by atoms with Crippen LogP contribution in [0.15, 0.2) is 50.8 Å². The fourth-order valence-electron chi connectivity index (χ4n) is 1.86. The fourth-order valence-corrected chi connectivity index (χ4v) is 4.26. The first-order valence-electron chi connectivity index (χ1n) is 6.48. The van der Waals surface area contributed by atoms with Gasteiger partial charge in [0.05, 0.1) is 11.4 Å². The Kier molecular flexibility index (Phi) is 4.39. The van der Waals surface area contributed by atoms with Crippen molar-refractivity contribution in [3.63, 3.8) is 0 Å². The average Bonchev–Trinajstić information content (AvgIpc) is 3.02. The van der Waals surface area contributed by atoms with E-state index in [1.54, 1.807) is 5.38 Å². The molecule has 0 saturated carbocycles. The number of H-pyrrole nitrogens is 1. The van der Waals surface area contributed by atoms with Crippen LogP contribution in [0.3, 0.4) is 0 Å². The molecule has 0 fully saturated rings. The molecule has 0 aliphatic carbocycles. The van der Waals surface area contributed by atoms with Crippen molar-refractivity contribution in [2.24, 2.45) is 0 Å². The van der Waals surface area contributed by atoms with E-state index in [2.05, 4.69) is 14.9 Å². The van der Waals surface area contributed by atoms with Crippen molar-refractivity contribution in [1.82, 2.24) is 10.2 Å². The number of aromatic nitrogens is 2. The van der Waals surface area contributed by atoms with Crippen molar-refractivity contribution in [2.75, 3.05) is 4.72 Å². The number of benzene rings is 1. The van der Waals surface area contributed by atoms with Gasteiger partial charge in [0.2, 0.25) is 0 Å². The van der Waals surface area contributed by atoms with Gasteiger partial charge in [-0.25, -0.2) is 17.9 Å². The average molecular weight is 386 g/mol. The van der Waals surface area contributed by atoms with Gasteiger partial charge < -0.3 is 0 Å². The number of sulfonamides is 1. The summed E-state index contributed by atoms with van der Waals surface area (Å²) in [6, 6.07) is 7.80.